The number of carbonyl (C=O) groups is 1. The molecule has 0 aliphatic heterocycles. The van der Waals surface area contributed by atoms with Crippen LogP contribution < -0.4 is 16.0 Å². The van der Waals surface area contributed by atoms with E-state index in [0.29, 0.717) is 0 Å². The molecule has 0 aliphatic carbocycles. The average Bonchev–Trinajstić information content (AvgIpc) is 2.63. The van der Waals surface area contributed by atoms with Crippen LogP contribution in [0, 0.1) is 6.92 Å². The van der Waals surface area contributed by atoms with Crippen LogP contribution in [0.2, 0.25) is 0 Å². The van der Waals surface area contributed by atoms with E-state index in [-0.39, 0.29) is 18.2 Å². The molecule has 3 N–H and O–H groups in total. The summed E-state index contributed by atoms with van der Waals surface area (Å²) in [6, 6.07) is 18.0. The van der Waals surface area contributed by atoms with Crippen molar-refractivity contribution in [3.63, 3.8) is 0 Å². The van der Waals surface area contributed by atoms with Crippen molar-refractivity contribution in [2.24, 2.45) is 0 Å². The van der Waals surface area contributed by atoms with E-state index < -0.39 is 0 Å². The maximum absolute atomic E-state index is 12.4. The quantitative estimate of drug-likeness (QED) is 0.419. The number of amides is 2. The maximum Gasteiger partial charge on any atom is 0.320 e. The Labute approximate surface area is 157 Å². The van der Waals surface area contributed by atoms with Crippen molar-refractivity contribution in [2.75, 3.05) is 5.32 Å². The molecule has 0 spiro atoms. The molecule has 140 valence electrons. The largest absolute Gasteiger partial charge is 0.323 e. The summed E-state index contributed by atoms with van der Waals surface area (Å²) in [4.78, 5) is 12.4. The van der Waals surface area contributed by atoms with E-state index in [1.807, 2.05) is 30.3 Å². The van der Waals surface area contributed by atoms with Gasteiger partial charge >= 0.3 is 6.03 Å². The van der Waals surface area contributed by atoms with Gasteiger partial charge in [0.2, 0.25) is 0 Å². The fraction of sp³-hybridized carbons (Fsp3) is 0.409. The zero-order valence-corrected chi connectivity index (χ0v) is 16.1. The number of nitrogens with one attached hydrogen (secondary N) is 3. The van der Waals surface area contributed by atoms with Crippen molar-refractivity contribution >= 4 is 11.7 Å². The molecule has 2 aromatic rings. The van der Waals surface area contributed by atoms with Crippen LogP contribution in [-0.2, 0) is 0 Å². The number of hydrogen-bond acceptors (Lipinski definition) is 2. The van der Waals surface area contributed by atoms with E-state index in [9.17, 15) is 4.79 Å². The molecule has 0 fully saturated rings. The SMILES string of the molecule is CCCCCC(NC(=O)Nc1ccccc1)NC(C)c1ccc(C)cc1. The lowest BCUT2D eigenvalue weighted by molar-refractivity contribution is 0.242. The first kappa shape index (κ1) is 20.0. The lowest BCUT2D eigenvalue weighted by Crippen LogP contribution is -2.47. The number of unbranched alkanes of at least 4 members (excludes halogenated alkanes) is 2. The predicted molar refractivity (Wildman–Crippen MR) is 109 cm³/mol. The molecule has 0 heterocycles. The van der Waals surface area contributed by atoms with E-state index in [1.54, 1.807) is 0 Å². The van der Waals surface area contributed by atoms with Crippen molar-refractivity contribution in [3.8, 4) is 0 Å². The number of hydrogen-bond donors (Lipinski definition) is 3. The molecule has 0 saturated heterocycles. The third kappa shape index (κ3) is 6.89. The van der Waals surface area contributed by atoms with Crippen LogP contribution in [0.1, 0.15) is 56.7 Å². The molecule has 2 amide bonds. The zero-order valence-electron chi connectivity index (χ0n) is 16.1. The summed E-state index contributed by atoms with van der Waals surface area (Å²) < 4.78 is 0. The second-order valence-corrected chi connectivity index (χ2v) is 6.81. The van der Waals surface area contributed by atoms with Gasteiger partial charge in [0.1, 0.15) is 0 Å². The Morgan fingerprint density at radius 3 is 2.35 bits per heavy atom. The normalized spacial score (nSPS) is 13.0. The molecule has 2 unspecified atom stereocenters. The van der Waals surface area contributed by atoms with Crippen LogP contribution in [0.25, 0.3) is 0 Å². The highest BCUT2D eigenvalue weighted by molar-refractivity contribution is 5.89. The number of benzene rings is 2. The highest BCUT2D eigenvalue weighted by atomic mass is 16.2. The Morgan fingerprint density at radius 2 is 1.69 bits per heavy atom. The van der Waals surface area contributed by atoms with E-state index in [2.05, 4.69) is 61.0 Å². The lowest BCUT2D eigenvalue weighted by Gasteiger charge is -2.25. The second-order valence-electron chi connectivity index (χ2n) is 6.81. The Balaban J connectivity index is 1.95. The van der Waals surface area contributed by atoms with Gasteiger partial charge in [0.25, 0.3) is 0 Å². The summed E-state index contributed by atoms with van der Waals surface area (Å²) in [6.07, 6.45) is 4.25. The van der Waals surface area contributed by atoms with Gasteiger partial charge in [-0.2, -0.15) is 0 Å². The van der Waals surface area contributed by atoms with Gasteiger partial charge in [-0.05, 0) is 38.0 Å². The number of carbonyl (C=O) groups excluding carboxylic acids is 1. The monoisotopic (exact) mass is 353 g/mol. The smallest absolute Gasteiger partial charge is 0.320 e. The Bertz CT molecular complexity index is 655. The summed E-state index contributed by atoms with van der Waals surface area (Å²) >= 11 is 0. The fourth-order valence-corrected chi connectivity index (χ4v) is 2.90. The first-order valence-corrected chi connectivity index (χ1v) is 9.53. The van der Waals surface area contributed by atoms with E-state index in [0.717, 1.165) is 24.9 Å². The number of aryl methyl sites for hydroxylation is 1. The summed E-state index contributed by atoms with van der Waals surface area (Å²) in [6.45, 7) is 6.41. The third-order valence-electron chi connectivity index (χ3n) is 4.46. The van der Waals surface area contributed by atoms with Gasteiger partial charge in [0.05, 0.1) is 6.17 Å². The van der Waals surface area contributed by atoms with Crippen molar-refractivity contribution in [1.29, 1.82) is 0 Å². The van der Waals surface area contributed by atoms with Crippen LogP contribution in [0.4, 0.5) is 10.5 Å². The van der Waals surface area contributed by atoms with Crippen molar-refractivity contribution in [1.82, 2.24) is 10.6 Å². The van der Waals surface area contributed by atoms with Gasteiger partial charge in [-0.1, -0.05) is 74.2 Å². The van der Waals surface area contributed by atoms with Gasteiger partial charge in [0, 0.05) is 11.7 Å². The lowest BCUT2D eigenvalue weighted by atomic mass is 10.1. The molecular formula is C22H31N3O. The van der Waals surface area contributed by atoms with E-state index in [4.69, 9.17) is 0 Å². The molecule has 2 aromatic carbocycles. The first-order valence-electron chi connectivity index (χ1n) is 9.53. The molecule has 2 rings (SSSR count). The molecule has 0 radical (unpaired) electrons. The van der Waals surface area contributed by atoms with E-state index >= 15 is 0 Å². The van der Waals surface area contributed by atoms with Gasteiger partial charge < -0.3 is 10.6 Å². The highest BCUT2D eigenvalue weighted by Gasteiger charge is 2.15. The minimum atomic E-state index is -0.179. The molecule has 0 aliphatic rings. The summed E-state index contributed by atoms with van der Waals surface area (Å²) in [5.41, 5.74) is 3.27. The van der Waals surface area contributed by atoms with Gasteiger partial charge in [-0.15, -0.1) is 0 Å². The van der Waals surface area contributed by atoms with Crippen molar-refractivity contribution < 1.29 is 4.79 Å². The van der Waals surface area contributed by atoms with Crippen LogP contribution in [0.3, 0.4) is 0 Å². The molecular weight excluding hydrogens is 322 g/mol. The van der Waals surface area contributed by atoms with Gasteiger partial charge in [-0.25, -0.2) is 4.79 Å². The first-order chi connectivity index (χ1) is 12.6. The van der Waals surface area contributed by atoms with Gasteiger partial charge in [0.15, 0.2) is 0 Å². The molecule has 0 bridgehead atoms. The number of urea groups is 1. The summed E-state index contributed by atoms with van der Waals surface area (Å²) in [5, 5.41) is 9.52. The molecule has 4 heteroatoms. The highest BCUT2D eigenvalue weighted by Crippen LogP contribution is 2.15. The topological polar surface area (TPSA) is 53.2 Å². The Morgan fingerprint density at radius 1 is 1.00 bits per heavy atom. The average molecular weight is 354 g/mol. The maximum atomic E-state index is 12.4. The molecule has 26 heavy (non-hydrogen) atoms. The Hall–Kier alpha value is -2.33. The summed E-state index contributed by atoms with van der Waals surface area (Å²) in [5.74, 6) is 0. The van der Waals surface area contributed by atoms with Crippen LogP contribution in [-0.4, -0.2) is 12.2 Å². The van der Waals surface area contributed by atoms with Crippen LogP contribution in [0.5, 0.6) is 0 Å². The number of para-hydroxylation sites is 1. The third-order valence-corrected chi connectivity index (χ3v) is 4.46. The standard InChI is InChI=1S/C22H31N3O/c1-4-5-7-12-21(23-18(3)19-15-13-17(2)14-16-19)25-22(26)24-20-10-8-6-9-11-20/h6,8-11,13-16,18,21,23H,4-5,7,12H2,1-3H3,(H2,24,25,26). The molecule has 2 atom stereocenters. The van der Waals surface area contributed by atoms with Crippen LogP contribution >= 0.6 is 0 Å². The van der Waals surface area contributed by atoms with Crippen LogP contribution in [0.15, 0.2) is 54.6 Å². The Kier molecular flexibility index (Phi) is 8.16. The van der Waals surface area contributed by atoms with Crippen molar-refractivity contribution in [3.05, 3.63) is 65.7 Å². The molecule has 4 nitrogen and oxygen atoms in total. The minimum absolute atomic E-state index is 0.0680. The predicted octanol–water partition coefficient (Wildman–Crippen LogP) is 5.37. The molecule has 0 aromatic heterocycles. The zero-order chi connectivity index (χ0) is 18.8. The summed E-state index contributed by atoms with van der Waals surface area (Å²) in [7, 11) is 0. The number of rotatable bonds is 9. The minimum Gasteiger partial charge on any atom is -0.323 e. The number of anilines is 1. The fourth-order valence-electron chi connectivity index (χ4n) is 2.90. The molecule has 0 saturated carbocycles. The second kappa shape index (κ2) is 10.6. The van der Waals surface area contributed by atoms with Crippen molar-refractivity contribution in [2.45, 2.75) is 58.7 Å². The van der Waals surface area contributed by atoms with E-state index in [1.165, 1.54) is 17.5 Å². The van der Waals surface area contributed by atoms with Gasteiger partial charge in [-0.3, -0.25) is 5.32 Å².